The number of pyridine rings is 1. The number of primary amides is 1. The Kier molecular flexibility index (Phi) is 4.60. The van der Waals surface area contributed by atoms with Crippen LogP contribution in [0.5, 0.6) is 0 Å². The Balaban J connectivity index is 1.82. The van der Waals surface area contributed by atoms with Crippen molar-refractivity contribution in [1.82, 2.24) is 14.8 Å². The molecule has 27 heavy (non-hydrogen) atoms. The van der Waals surface area contributed by atoms with Crippen molar-refractivity contribution in [3.8, 4) is 11.1 Å². The third-order valence-corrected chi connectivity index (χ3v) is 8.73. The first-order valence-electron chi connectivity index (χ1n) is 8.98. The van der Waals surface area contributed by atoms with Crippen molar-refractivity contribution in [2.24, 2.45) is 18.7 Å². The monoisotopic (exact) mass is 424 g/mol. The molecule has 2 atom stereocenters. The second-order valence-corrected chi connectivity index (χ2v) is 10.7. The van der Waals surface area contributed by atoms with Gasteiger partial charge >= 0.3 is 163 Å². The van der Waals surface area contributed by atoms with Crippen molar-refractivity contribution < 1.29 is 4.79 Å². The van der Waals surface area contributed by atoms with E-state index in [9.17, 15) is 9.59 Å². The number of hydrogen-bond donors (Lipinski definition) is 1. The molecule has 0 radical (unpaired) electrons. The number of fused-ring (bicyclic) bond motifs is 1. The molecule has 3 aromatic rings. The van der Waals surface area contributed by atoms with Crippen molar-refractivity contribution in [3.05, 3.63) is 52.6 Å². The van der Waals surface area contributed by atoms with Crippen LogP contribution in [-0.4, -0.2) is 36.4 Å². The number of hydrogen-bond acceptors (Lipinski definition) is 4. The Bertz CT molecular complexity index is 1100. The number of aryl methyl sites for hydroxylation is 1. The zero-order valence-electron chi connectivity index (χ0n) is 15.3. The van der Waals surface area contributed by atoms with E-state index in [0.717, 1.165) is 32.3 Å². The van der Waals surface area contributed by atoms with Gasteiger partial charge in [0.15, 0.2) is 0 Å². The first-order valence-corrected chi connectivity index (χ1v) is 11.2. The second-order valence-electron chi connectivity index (χ2n) is 7.16. The van der Waals surface area contributed by atoms with Gasteiger partial charge in [0.2, 0.25) is 0 Å². The molecule has 7 heteroatoms. The van der Waals surface area contributed by atoms with Gasteiger partial charge in [0.25, 0.3) is 0 Å². The number of aromatic nitrogens is 3. The SMILES string of the molecule is CC([AsH]c1c(C(N)=O)nnc2cc(-c3ccc(=O)n(C)c3)ccc12)C1CC1. The van der Waals surface area contributed by atoms with Gasteiger partial charge < -0.3 is 0 Å². The molecule has 2 unspecified atom stereocenters. The first-order chi connectivity index (χ1) is 12.9. The first kappa shape index (κ1) is 17.9. The quantitative estimate of drug-likeness (QED) is 0.627. The number of rotatable bonds is 5. The fourth-order valence-electron chi connectivity index (χ4n) is 3.31. The summed E-state index contributed by atoms with van der Waals surface area (Å²) < 4.78 is 3.17. The van der Waals surface area contributed by atoms with Crippen LogP contribution in [0.2, 0.25) is 4.71 Å². The summed E-state index contributed by atoms with van der Waals surface area (Å²) in [4.78, 5) is 23.5. The minimum absolute atomic E-state index is 0.0489. The van der Waals surface area contributed by atoms with Crippen LogP contribution in [0.4, 0.5) is 0 Å². The van der Waals surface area contributed by atoms with Crippen LogP contribution < -0.4 is 15.6 Å². The molecule has 1 aromatic carbocycles. The topological polar surface area (TPSA) is 90.9 Å². The van der Waals surface area contributed by atoms with Crippen molar-refractivity contribution in [1.29, 1.82) is 0 Å². The Hall–Kier alpha value is -2.46. The fourth-order valence-corrected chi connectivity index (χ4v) is 6.88. The maximum absolute atomic E-state index is 11.9. The van der Waals surface area contributed by atoms with Gasteiger partial charge in [-0.3, -0.25) is 0 Å². The second kappa shape index (κ2) is 6.93. The van der Waals surface area contributed by atoms with Crippen molar-refractivity contribution >= 4 is 36.9 Å². The van der Waals surface area contributed by atoms with E-state index in [4.69, 9.17) is 5.73 Å². The fraction of sp³-hybridized carbons (Fsp3) is 0.300. The average Bonchev–Trinajstić information content (AvgIpc) is 3.48. The van der Waals surface area contributed by atoms with Gasteiger partial charge in [-0.05, 0) is 0 Å². The van der Waals surface area contributed by atoms with Crippen LogP contribution in [0.1, 0.15) is 30.3 Å². The number of benzene rings is 1. The number of nitrogens with two attached hydrogens (primary N) is 1. The summed E-state index contributed by atoms with van der Waals surface area (Å²) in [6.45, 7) is 2.27. The molecule has 6 nitrogen and oxygen atoms in total. The van der Waals surface area contributed by atoms with E-state index in [0.29, 0.717) is 10.4 Å². The number of amides is 1. The van der Waals surface area contributed by atoms with Crippen LogP contribution in [0.3, 0.4) is 0 Å². The summed E-state index contributed by atoms with van der Waals surface area (Å²) in [6.07, 6.45) is 4.37. The molecule has 1 aliphatic rings. The molecule has 138 valence electrons. The number of carbonyl (C=O) groups excluding carboxylic acids is 1. The molecule has 1 amide bonds. The molecule has 0 spiro atoms. The third kappa shape index (κ3) is 3.54. The number of nitrogens with zero attached hydrogens (tertiary/aromatic N) is 3. The standard InChI is InChI=1S/C20H21AsN4O2/c1-11(12-3-4-12)21-18-15-7-5-13(14-6-8-17(26)25(2)10-14)9-16(15)23-24-19(18)20(22)27/h5-12,21H,3-4H2,1-2H3,(H2,22,27). The predicted molar refractivity (Wildman–Crippen MR) is 108 cm³/mol. The van der Waals surface area contributed by atoms with E-state index in [1.165, 1.54) is 12.8 Å². The average molecular weight is 424 g/mol. The molecule has 2 N–H and O–H groups in total. The van der Waals surface area contributed by atoms with Gasteiger partial charge in [-0.25, -0.2) is 0 Å². The van der Waals surface area contributed by atoms with Gasteiger partial charge in [0, 0.05) is 0 Å². The molecule has 1 fully saturated rings. The van der Waals surface area contributed by atoms with Gasteiger partial charge in [0.05, 0.1) is 0 Å². The van der Waals surface area contributed by atoms with Gasteiger partial charge in [-0.2, -0.15) is 0 Å². The summed E-state index contributed by atoms with van der Waals surface area (Å²) in [5.41, 5.74) is 8.50. The normalized spacial score (nSPS) is 15.5. The van der Waals surface area contributed by atoms with Crippen LogP contribution in [-0.2, 0) is 7.05 Å². The summed E-state index contributed by atoms with van der Waals surface area (Å²) in [5.74, 6) is 0.270. The van der Waals surface area contributed by atoms with E-state index >= 15 is 0 Å². The summed E-state index contributed by atoms with van der Waals surface area (Å²) >= 11 is -0.554. The summed E-state index contributed by atoms with van der Waals surface area (Å²) in [6, 6.07) is 9.33. The van der Waals surface area contributed by atoms with Crippen molar-refractivity contribution in [2.45, 2.75) is 24.5 Å². The van der Waals surface area contributed by atoms with Gasteiger partial charge in [-0.15, -0.1) is 0 Å². The molecule has 0 saturated heterocycles. The molecule has 0 aliphatic heterocycles. The molecule has 0 bridgehead atoms. The molecule has 4 rings (SSSR count). The Morgan fingerprint density at radius 2 is 1.96 bits per heavy atom. The molecule has 2 aromatic heterocycles. The van der Waals surface area contributed by atoms with E-state index in [-0.39, 0.29) is 5.56 Å². The summed E-state index contributed by atoms with van der Waals surface area (Å²) in [7, 11) is 1.73. The molecular formula is C20H21AsN4O2. The third-order valence-electron chi connectivity index (χ3n) is 5.12. The Morgan fingerprint density at radius 3 is 2.63 bits per heavy atom. The van der Waals surface area contributed by atoms with Crippen LogP contribution in [0.25, 0.3) is 22.0 Å². The number of carbonyl (C=O) groups is 1. The van der Waals surface area contributed by atoms with Gasteiger partial charge in [0.1, 0.15) is 0 Å². The minimum atomic E-state index is -0.554. The molecule has 2 heterocycles. The van der Waals surface area contributed by atoms with E-state index in [2.05, 4.69) is 17.1 Å². The van der Waals surface area contributed by atoms with Crippen molar-refractivity contribution in [3.63, 3.8) is 0 Å². The van der Waals surface area contributed by atoms with E-state index < -0.39 is 21.7 Å². The van der Waals surface area contributed by atoms with Crippen molar-refractivity contribution in [2.75, 3.05) is 0 Å². The van der Waals surface area contributed by atoms with E-state index in [1.54, 1.807) is 29.9 Å². The zero-order chi connectivity index (χ0) is 19.1. The summed E-state index contributed by atoms with van der Waals surface area (Å²) in [5, 5.41) is 9.39. The Morgan fingerprint density at radius 1 is 1.22 bits per heavy atom. The molecule has 1 aliphatic carbocycles. The van der Waals surface area contributed by atoms with Crippen LogP contribution in [0, 0.1) is 5.92 Å². The zero-order valence-corrected chi connectivity index (χ0v) is 17.4. The maximum atomic E-state index is 11.9. The van der Waals surface area contributed by atoms with Crippen LogP contribution >= 0.6 is 0 Å². The van der Waals surface area contributed by atoms with Crippen LogP contribution in [0.15, 0.2) is 41.3 Å². The Labute approximate surface area is 163 Å². The molecular weight excluding hydrogens is 403 g/mol. The predicted octanol–water partition coefficient (Wildman–Crippen LogP) is 1.37. The van der Waals surface area contributed by atoms with Gasteiger partial charge in [-0.1, -0.05) is 0 Å². The van der Waals surface area contributed by atoms with E-state index in [1.807, 2.05) is 18.2 Å². The molecule has 1 saturated carbocycles.